The molecule has 0 atom stereocenters. The zero-order valence-corrected chi connectivity index (χ0v) is 10.2. The summed E-state index contributed by atoms with van der Waals surface area (Å²) in [6.45, 7) is 0. The van der Waals surface area contributed by atoms with Gasteiger partial charge in [0.1, 0.15) is 11.9 Å². The molecule has 0 bridgehead atoms. The first-order valence-electron chi connectivity index (χ1n) is 5.50. The fourth-order valence-electron chi connectivity index (χ4n) is 1.60. The Morgan fingerprint density at radius 1 is 1.26 bits per heavy atom. The van der Waals surface area contributed by atoms with E-state index >= 15 is 0 Å². The molecule has 2 aromatic rings. The van der Waals surface area contributed by atoms with Crippen LogP contribution >= 0.6 is 0 Å². The molecule has 0 saturated heterocycles. The average molecular weight is 253 g/mol. The van der Waals surface area contributed by atoms with Crippen molar-refractivity contribution < 1.29 is 4.79 Å². The number of para-hydroxylation sites is 1. The van der Waals surface area contributed by atoms with Crippen LogP contribution in [0.1, 0.15) is 16.1 Å². The molecule has 1 aromatic heterocycles. The van der Waals surface area contributed by atoms with Gasteiger partial charge >= 0.3 is 0 Å². The van der Waals surface area contributed by atoms with Crippen molar-refractivity contribution in [3.05, 3.63) is 47.7 Å². The van der Waals surface area contributed by atoms with E-state index in [1.54, 1.807) is 31.3 Å². The van der Waals surface area contributed by atoms with Crippen LogP contribution in [0.25, 0.3) is 0 Å². The van der Waals surface area contributed by atoms with E-state index in [0.717, 1.165) is 0 Å². The third kappa shape index (κ3) is 2.50. The van der Waals surface area contributed by atoms with Gasteiger partial charge in [0.25, 0.3) is 5.91 Å². The molecule has 0 fully saturated rings. The monoisotopic (exact) mass is 253 g/mol. The first-order chi connectivity index (χ1) is 9.13. The van der Waals surface area contributed by atoms with Gasteiger partial charge < -0.3 is 10.6 Å². The summed E-state index contributed by atoms with van der Waals surface area (Å²) in [4.78, 5) is 13.6. The molecule has 0 radical (unpaired) electrons. The second-order valence-electron chi connectivity index (χ2n) is 3.84. The highest BCUT2D eigenvalue weighted by molar-refractivity contribution is 6.05. The molecule has 6 nitrogen and oxygen atoms in total. The number of hydrogen-bond donors (Lipinski definition) is 1. The lowest BCUT2D eigenvalue weighted by atomic mass is 10.1. The number of nitrogens with zero attached hydrogens (tertiary/aromatic N) is 4. The van der Waals surface area contributed by atoms with E-state index < -0.39 is 0 Å². The minimum absolute atomic E-state index is 0.171. The molecule has 6 heteroatoms. The summed E-state index contributed by atoms with van der Waals surface area (Å²) < 4.78 is 0. The lowest BCUT2D eigenvalue weighted by Crippen LogP contribution is -2.28. The number of rotatable bonds is 2. The van der Waals surface area contributed by atoms with E-state index in [2.05, 4.69) is 10.2 Å². The fraction of sp³-hybridized carbons (Fsp3) is 0.0769. The highest BCUT2D eigenvalue weighted by Gasteiger charge is 2.17. The van der Waals surface area contributed by atoms with Crippen molar-refractivity contribution in [2.45, 2.75) is 0 Å². The van der Waals surface area contributed by atoms with Crippen molar-refractivity contribution in [1.29, 1.82) is 5.26 Å². The normalized spacial score (nSPS) is 9.68. The molecule has 2 rings (SSSR count). The van der Waals surface area contributed by atoms with Crippen molar-refractivity contribution in [1.82, 2.24) is 10.2 Å². The van der Waals surface area contributed by atoms with Gasteiger partial charge in [-0.15, -0.1) is 10.2 Å². The summed E-state index contributed by atoms with van der Waals surface area (Å²) in [5.74, 6) is -0.105. The third-order valence-electron chi connectivity index (χ3n) is 2.59. The number of carbonyl (C=O) groups excluding carboxylic acids is 1. The molecule has 0 unspecified atom stereocenters. The number of nitrogens with two attached hydrogens (primary N) is 1. The maximum absolute atomic E-state index is 12.2. The van der Waals surface area contributed by atoms with Crippen molar-refractivity contribution in [3.63, 3.8) is 0 Å². The quantitative estimate of drug-likeness (QED) is 0.867. The van der Waals surface area contributed by atoms with Crippen LogP contribution in [0.2, 0.25) is 0 Å². The molecule has 1 amide bonds. The van der Waals surface area contributed by atoms with Gasteiger partial charge in [0.2, 0.25) is 0 Å². The van der Waals surface area contributed by atoms with Crippen LogP contribution < -0.4 is 10.6 Å². The Hall–Kier alpha value is -2.94. The van der Waals surface area contributed by atoms with Crippen LogP contribution in [0.5, 0.6) is 0 Å². The molecular formula is C13H11N5O. The topological polar surface area (TPSA) is 95.9 Å². The minimum atomic E-state index is -0.352. The van der Waals surface area contributed by atoms with E-state index in [1.165, 1.54) is 17.0 Å². The molecule has 94 valence electrons. The molecule has 2 N–H and O–H groups in total. The number of amides is 1. The highest BCUT2D eigenvalue weighted by atomic mass is 16.2. The first kappa shape index (κ1) is 12.5. The second-order valence-corrected chi connectivity index (χ2v) is 3.84. The van der Waals surface area contributed by atoms with Crippen molar-refractivity contribution in [3.8, 4) is 6.07 Å². The Labute approximate surface area is 110 Å². The number of anilines is 2. The molecule has 19 heavy (non-hydrogen) atoms. The van der Waals surface area contributed by atoms with Gasteiger partial charge in [0.05, 0.1) is 11.3 Å². The van der Waals surface area contributed by atoms with Gasteiger partial charge in [-0.05, 0) is 24.3 Å². The Balaban J connectivity index is 2.34. The number of carbonyl (C=O) groups is 1. The molecule has 0 aliphatic heterocycles. The van der Waals surface area contributed by atoms with Crippen molar-refractivity contribution in [2.24, 2.45) is 0 Å². The van der Waals surface area contributed by atoms with Crippen molar-refractivity contribution >= 4 is 17.4 Å². The highest BCUT2D eigenvalue weighted by Crippen LogP contribution is 2.19. The van der Waals surface area contributed by atoms with E-state index in [4.69, 9.17) is 11.0 Å². The zero-order valence-electron chi connectivity index (χ0n) is 10.2. The van der Waals surface area contributed by atoms with Gasteiger partial charge in [0, 0.05) is 7.05 Å². The maximum Gasteiger partial charge on any atom is 0.278 e. The summed E-state index contributed by atoms with van der Waals surface area (Å²) in [5, 5.41) is 16.4. The minimum Gasteiger partial charge on any atom is -0.382 e. The Morgan fingerprint density at radius 2 is 2.00 bits per heavy atom. The van der Waals surface area contributed by atoms with Crippen LogP contribution in [0, 0.1) is 11.3 Å². The van der Waals surface area contributed by atoms with Gasteiger partial charge in [0.15, 0.2) is 5.69 Å². The zero-order chi connectivity index (χ0) is 13.8. The summed E-state index contributed by atoms with van der Waals surface area (Å²) in [5.41, 5.74) is 6.53. The summed E-state index contributed by atoms with van der Waals surface area (Å²) in [7, 11) is 1.58. The first-order valence-corrected chi connectivity index (χ1v) is 5.50. The number of hydrogen-bond acceptors (Lipinski definition) is 5. The average Bonchev–Trinajstić information content (AvgIpc) is 2.46. The Bertz CT molecular complexity index is 645. The van der Waals surface area contributed by atoms with Gasteiger partial charge in [-0.1, -0.05) is 12.1 Å². The van der Waals surface area contributed by atoms with Gasteiger partial charge in [-0.25, -0.2) is 0 Å². The SMILES string of the molecule is CN(C(=O)c1ccc(N)nn1)c1ccccc1C#N. The maximum atomic E-state index is 12.2. The summed E-state index contributed by atoms with van der Waals surface area (Å²) in [6.07, 6.45) is 0. The lowest BCUT2D eigenvalue weighted by Gasteiger charge is -2.17. The number of nitriles is 1. The van der Waals surface area contributed by atoms with Crippen molar-refractivity contribution in [2.75, 3.05) is 17.7 Å². The number of benzene rings is 1. The molecule has 1 heterocycles. The molecule has 0 saturated carbocycles. The summed E-state index contributed by atoms with van der Waals surface area (Å²) in [6, 6.07) is 11.9. The van der Waals surface area contributed by atoms with Gasteiger partial charge in [-0.3, -0.25) is 4.79 Å². The molecule has 0 aliphatic rings. The van der Waals surface area contributed by atoms with Crippen LogP contribution in [0.15, 0.2) is 36.4 Å². The van der Waals surface area contributed by atoms with Crippen LogP contribution in [-0.2, 0) is 0 Å². The lowest BCUT2D eigenvalue weighted by molar-refractivity contribution is 0.0987. The number of nitrogen functional groups attached to an aromatic ring is 1. The van der Waals surface area contributed by atoms with Crippen LogP contribution in [0.4, 0.5) is 11.5 Å². The van der Waals surface area contributed by atoms with Crippen LogP contribution in [0.3, 0.4) is 0 Å². The van der Waals surface area contributed by atoms with E-state index in [9.17, 15) is 4.79 Å². The molecule has 0 aliphatic carbocycles. The molecule has 0 spiro atoms. The van der Waals surface area contributed by atoms with E-state index in [0.29, 0.717) is 11.3 Å². The molecule has 1 aromatic carbocycles. The largest absolute Gasteiger partial charge is 0.382 e. The predicted molar refractivity (Wildman–Crippen MR) is 70.3 cm³/mol. The standard InChI is InChI=1S/C13H11N5O/c1-18(11-5-3-2-4-9(11)8-14)13(19)10-6-7-12(15)17-16-10/h2-7H,1H3,(H2,15,17). The van der Waals surface area contributed by atoms with E-state index in [-0.39, 0.29) is 17.4 Å². The second kappa shape index (κ2) is 5.14. The Kier molecular flexibility index (Phi) is 3.39. The van der Waals surface area contributed by atoms with Gasteiger partial charge in [-0.2, -0.15) is 5.26 Å². The third-order valence-corrected chi connectivity index (χ3v) is 2.59. The molecular weight excluding hydrogens is 242 g/mol. The van der Waals surface area contributed by atoms with E-state index in [1.807, 2.05) is 6.07 Å². The number of aromatic nitrogens is 2. The predicted octanol–water partition coefficient (Wildman–Crippen LogP) is 1.21. The smallest absolute Gasteiger partial charge is 0.278 e. The fourth-order valence-corrected chi connectivity index (χ4v) is 1.60. The summed E-state index contributed by atoms with van der Waals surface area (Å²) >= 11 is 0. The van der Waals surface area contributed by atoms with Crippen LogP contribution in [-0.4, -0.2) is 23.2 Å². The Morgan fingerprint density at radius 3 is 2.63 bits per heavy atom.